The van der Waals surface area contributed by atoms with Crippen molar-refractivity contribution in [2.75, 3.05) is 6.61 Å². The highest BCUT2D eigenvalue weighted by molar-refractivity contribution is 4.79. The van der Waals surface area contributed by atoms with Gasteiger partial charge < -0.3 is 9.47 Å². The molecule has 2 nitrogen and oxygen atoms in total. The van der Waals surface area contributed by atoms with Crippen LogP contribution in [-0.4, -0.2) is 12.7 Å². The topological polar surface area (TPSA) is 18.5 Å². The molecule has 1 rings (SSSR count). The predicted octanol–water partition coefficient (Wildman–Crippen LogP) is 1.09. The Kier molecular flexibility index (Phi) is 1.42. The molecular weight excluding hydrogens is 104 g/mol. The van der Waals surface area contributed by atoms with Gasteiger partial charge in [-0.05, 0) is 13.8 Å². The first-order valence-electron chi connectivity index (χ1n) is 2.67. The van der Waals surface area contributed by atoms with Gasteiger partial charge in [-0.15, -0.1) is 0 Å². The summed E-state index contributed by atoms with van der Waals surface area (Å²) in [6.45, 7) is 4.41. The van der Waals surface area contributed by atoms with Gasteiger partial charge in [0, 0.05) is 0 Å². The van der Waals surface area contributed by atoms with Gasteiger partial charge >= 0.3 is 0 Å². The fourth-order valence-electron chi connectivity index (χ4n) is 0.621. The smallest absolute Gasteiger partial charge is 0.202 e. The lowest BCUT2D eigenvalue weighted by molar-refractivity contribution is 0.0144. The van der Waals surface area contributed by atoms with Crippen molar-refractivity contribution in [1.82, 2.24) is 0 Å². The van der Waals surface area contributed by atoms with Crippen LogP contribution in [-0.2, 0) is 9.47 Å². The molecule has 1 unspecified atom stereocenters. The van der Waals surface area contributed by atoms with Crippen LogP contribution in [0.1, 0.15) is 13.8 Å². The van der Waals surface area contributed by atoms with E-state index >= 15 is 0 Å². The number of allylic oxidation sites excluding steroid dienone is 1. The van der Waals surface area contributed by atoms with E-state index < -0.39 is 0 Å². The van der Waals surface area contributed by atoms with E-state index in [1.54, 1.807) is 0 Å². The summed E-state index contributed by atoms with van der Waals surface area (Å²) in [4.78, 5) is 0. The van der Waals surface area contributed by atoms with Crippen LogP contribution in [0.2, 0.25) is 0 Å². The van der Waals surface area contributed by atoms with Gasteiger partial charge in [0.1, 0.15) is 18.5 Å². The van der Waals surface area contributed by atoms with Crippen LogP contribution in [0.3, 0.4) is 0 Å². The second-order valence-electron chi connectivity index (χ2n) is 1.90. The molecule has 0 spiro atoms. The van der Waals surface area contributed by atoms with Crippen molar-refractivity contribution in [2.45, 2.75) is 20.0 Å². The maximum atomic E-state index is 5.17. The molecule has 1 radical (unpaired) electrons. The van der Waals surface area contributed by atoms with Crippen LogP contribution in [0.4, 0.5) is 0 Å². The zero-order valence-electron chi connectivity index (χ0n) is 5.10. The number of rotatable bonds is 0. The Morgan fingerprint density at radius 1 is 1.75 bits per heavy atom. The van der Waals surface area contributed by atoms with E-state index in [9.17, 15) is 0 Å². The molecule has 0 aromatic carbocycles. The fraction of sp³-hybridized carbons (Fsp3) is 0.667. The summed E-state index contributed by atoms with van der Waals surface area (Å²) in [6.07, 6.45) is 2.80. The highest BCUT2D eigenvalue weighted by atomic mass is 16.6. The van der Waals surface area contributed by atoms with E-state index in [0.29, 0.717) is 6.61 Å². The van der Waals surface area contributed by atoms with Crippen molar-refractivity contribution in [1.29, 1.82) is 0 Å². The standard InChI is InChI=1S/C6H9O2/c1-5-3-7-4-6(2)8-5/h5H,3H2,1-2H3. The van der Waals surface area contributed by atoms with Crippen LogP contribution in [0.5, 0.6) is 0 Å². The maximum absolute atomic E-state index is 5.17. The quantitative estimate of drug-likeness (QED) is 0.468. The molecule has 0 aromatic rings. The molecule has 1 atom stereocenters. The molecule has 1 heterocycles. The van der Waals surface area contributed by atoms with Crippen LogP contribution >= 0.6 is 0 Å². The maximum Gasteiger partial charge on any atom is 0.202 e. The van der Waals surface area contributed by atoms with Gasteiger partial charge in [0.05, 0.1) is 0 Å². The molecule has 0 saturated heterocycles. The zero-order valence-corrected chi connectivity index (χ0v) is 5.10. The van der Waals surface area contributed by atoms with Crippen LogP contribution in [0.15, 0.2) is 5.76 Å². The lowest BCUT2D eigenvalue weighted by Crippen LogP contribution is -2.17. The lowest BCUT2D eigenvalue weighted by atomic mass is 10.4. The van der Waals surface area contributed by atoms with Crippen molar-refractivity contribution >= 4 is 0 Å². The molecule has 2 heteroatoms. The van der Waals surface area contributed by atoms with Gasteiger partial charge in [-0.1, -0.05) is 0 Å². The third-order valence-electron chi connectivity index (χ3n) is 0.912. The second kappa shape index (κ2) is 2.07. The van der Waals surface area contributed by atoms with Crippen molar-refractivity contribution in [3.05, 3.63) is 12.0 Å². The lowest BCUT2D eigenvalue weighted by Gasteiger charge is -2.17. The zero-order chi connectivity index (χ0) is 5.98. The van der Waals surface area contributed by atoms with Crippen LogP contribution in [0.25, 0.3) is 0 Å². The largest absolute Gasteiger partial charge is 0.488 e. The molecule has 1 aliphatic rings. The molecular formula is C6H9O2. The van der Waals surface area contributed by atoms with Gasteiger partial charge in [0.25, 0.3) is 0 Å². The minimum Gasteiger partial charge on any atom is -0.488 e. The minimum atomic E-state index is 0.191. The first-order chi connectivity index (χ1) is 3.79. The molecule has 0 saturated carbocycles. The summed E-state index contributed by atoms with van der Waals surface area (Å²) < 4.78 is 10.0. The molecule has 8 heavy (non-hydrogen) atoms. The number of ether oxygens (including phenoxy) is 2. The van der Waals surface area contributed by atoms with Gasteiger partial charge in [-0.3, -0.25) is 0 Å². The normalized spacial score (nSPS) is 27.8. The van der Waals surface area contributed by atoms with Crippen molar-refractivity contribution in [2.24, 2.45) is 0 Å². The monoisotopic (exact) mass is 113 g/mol. The highest BCUT2D eigenvalue weighted by Crippen LogP contribution is 2.06. The van der Waals surface area contributed by atoms with Gasteiger partial charge in [0.15, 0.2) is 0 Å². The highest BCUT2D eigenvalue weighted by Gasteiger charge is 2.08. The number of hydrogen-bond donors (Lipinski definition) is 0. The van der Waals surface area contributed by atoms with E-state index in [2.05, 4.69) is 6.26 Å². The third kappa shape index (κ3) is 1.15. The summed E-state index contributed by atoms with van der Waals surface area (Å²) in [6, 6.07) is 0. The Morgan fingerprint density at radius 3 is 2.88 bits per heavy atom. The van der Waals surface area contributed by atoms with Gasteiger partial charge in [0.2, 0.25) is 6.26 Å². The first kappa shape index (κ1) is 5.48. The Bertz CT molecular complexity index is 107. The summed E-state index contributed by atoms with van der Waals surface area (Å²) in [7, 11) is 0. The van der Waals surface area contributed by atoms with Crippen LogP contribution in [0, 0.1) is 6.26 Å². The second-order valence-corrected chi connectivity index (χ2v) is 1.90. The Labute approximate surface area is 49.1 Å². The van der Waals surface area contributed by atoms with E-state index in [1.807, 2.05) is 13.8 Å². The van der Waals surface area contributed by atoms with Gasteiger partial charge in [-0.2, -0.15) is 0 Å². The third-order valence-corrected chi connectivity index (χ3v) is 0.912. The van der Waals surface area contributed by atoms with E-state index in [1.165, 1.54) is 0 Å². The molecule has 0 bridgehead atoms. The van der Waals surface area contributed by atoms with E-state index in [4.69, 9.17) is 9.47 Å². The summed E-state index contributed by atoms with van der Waals surface area (Å²) in [5.74, 6) is 0.740. The Morgan fingerprint density at radius 2 is 2.50 bits per heavy atom. The predicted molar refractivity (Wildman–Crippen MR) is 28.9 cm³/mol. The fourth-order valence-corrected chi connectivity index (χ4v) is 0.621. The van der Waals surface area contributed by atoms with Crippen molar-refractivity contribution in [3.63, 3.8) is 0 Å². The molecule has 0 aromatic heterocycles. The van der Waals surface area contributed by atoms with Crippen molar-refractivity contribution < 1.29 is 9.47 Å². The van der Waals surface area contributed by atoms with E-state index in [-0.39, 0.29) is 6.10 Å². The molecule has 0 N–H and O–H groups in total. The molecule has 0 aliphatic carbocycles. The summed E-state index contributed by atoms with van der Waals surface area (Å²) in [5, 5.41) is 0. The average molecular weight is 113 g/mol. The Balaban J connectivity index is 2.45. The summed E-state index contributed by atoms with van der Waals surface area (Å²) >= 11 is 0. The first-order valence-corrected chi connectivity index (χ1v) is 2.67. The Hall–Kier alpha value is -0.660. The SMILES string of the molecule is CC1=[C]OCC(C)O1. The molecule has 0 amide bonds. The average Bonchev–Trinajstić information content (AvgIpc) is 1.64. The van der Waals surface area contributed by atoms with Gasteiger partial charge in [-0.25, -0.2) is 0 Å². The summed E-state index contributed by atoms with van der Waals surface area (Å²) in [5.41, 5.74) is 0. The van der Waals surface area contributed by atoms with E-state index in [0.717, 1.165) is 5.76 Å². The van der Waals surface area contributed by atoms with Crippen LogP contribution < -0.4 is 0 Å². The molecule has 45 valence electrons. The van der Waals surface area contributed by atoms with Crippen molar-refractivity contribution in [3.8, 4) is 0 Å². The number of hydrogen-bond acceptors (Lipinski definition) is 2. The minimum absolute atomic E-state index is 0.191. The molecule has 1 aliphatic heterocycles. The molecule has 0 fully saturated rings.